The van der Waals surface area contributed by atoms with Crippen molar-refractivity contribution in [2.24, 2.45) is 20.0 Å². The summed E-state index contributed by atoms with van der Waals surface area (Å²) >= 11 is 0. The molecule has 1 saturated heterocycles. The average Bonchev–Trinajstić information content (AvgIpc) is 2.91. The van der Waals surface area contributed by atoms with Gasteiger partial charge >= 0.3 is 0 Å². The molecule has 0 bridgehead atoms. The van der Waals surface area contributed by atoms with Gasteiger partial charge in [0.1, 0.15) is 5.52 Å². The second kappa shape index (κ2) is 5.76. The number of fused-ring (bicyclic) bond motifs is 3. The van der Waals surface area contributed by atoms with E-state index in [1.807, 2.05) is 40.8 Å². The molecule has 1 amide bonds. The Hall–Kier alpha value is -2.56. The second-order valence-electron chi connectivity index (χ2n) is 7.26. The van der Waals surface area contributed by atoms with Crippen LogP contribution in [0.4, 0.5) is 0 Å². The van der Waals surface area contributed by atoms with E-state index in [1.54, 1.807) is 13.2 Å². The third-order valence-corrected chi connectivity index (χ3v) is 5.40. The number of hydrogen-bond acceptors (Lipinski definition) is 2. The molecule has 1 fully saturated rings. The molecule has 0 aliphatic carbocycles. The van der Waals surface area contributed by atoms with Crippen LogP contribution in [0.15, 0.2) is 35.3 Å². The van der Waals surface area contributed by atoms with E-state index in [4.69, 9.17) is 0 Å². The minimum absolute atomic E-state index is 0.0310. The van der Waals surface area contributed by atoms with Gasteiger partial charge in [-0.3, -0.25) is 9.59 Å². The van der Waals surface area contributed by atoms with Crippen molar-refractivity contribution in [2.45, 2.75) is 19.8 Å². The number of hydrogen-bond donors (Lipinski definition) is 0. The zero-order chi connectivity index (χ0) is 17.7. The highest BCUT2D eigenvalue weighted by Crippen LogP contribution is 2.30. The van der Waals surface area contributed by atoms with Gasteiger partial charge in [-0.05, 0) is 24.8 Å². The van der Waals surface area contributed by atoms with Crippen molar-refractivity contribution in [3.63, 3.8) is 0 Å². The van der Waals surface area contributed by atoms with E-state index >= 15 is 0 Å². The molecular weight excluding hydrogens is 314 g/mol. The van der Waals surface area contributed by atoms with Crippen LogP contribution in [0, 0.1) is 5.92 Å². The molecule has 1 aliphatic heterocycles. The Balaban J connectivity index is 2.01. The summed E-state index contributed by atoms with van der Waals surface area (Å²) in [5.41, 5.74) is 2.13. The topological polar surface area (TPSA) is 47.2 Å². The van der Waals surface area contributed by atoms with Crippen LogP contribution >= 0.6 is 0 Å². The number of carbonyl (C=O) groups is 1. The Bertz CT molecular complexity index is 1040. The number of pyridine rings is 1. The molecule has 4 rings (SSSR count). The number of rotatable bonds is 1. The largest absolute Gasteiger partial charge is 0.339 e. The van der Waals surface area contributed by atoms with Crippen LogP contribution in [0.1, 0.15) is 30.1 Å². The minimum Gasteiger partial charge on any atom is -0.339 e. The first-order valence-electron chi connectivity index (χ1n) is 8.85. The molecule has 0 N–H and O–H groups in total. The molecule has 3 heterocycles. The van der Waals surface area contributed by atoms with Gasteiger partial charge in [0.15, 0.2) is 0 Å². The molecule has 5 nitrogen and oxygen atoms in total. The first-order valence-corrected chi connectivity index (χ1v) is 8.85. The number of benzene rings is 1. The van der Waals surface area contributed by atoms with Gasteiger partial charge in [-0.15, -0.1) is 0 Å². The lowest BCUT2D eigenvalue weighted by Gasteiger charge is -2.31. The molecular formula is C20H23N3O2. The van der Waals surface area contributed by atoms with Crippen molar-refractivity contribution in [3.8, 4) is 0 Å². The van der Waals surface area contributed by atoms with E-state index in [-0.39, 0.29) is 11.5 Å². The quantitative estimate of drug-likeness (QED) is 0.685. The molecule has 130 valence electrons. The van der Waals surface area contributed by atoms with Gasteiger partial charge in [0, 0.05) is 49.7 Å². The maximum absolute atomic E-state index is 13.3. The highest BCUT2D eigenvalue weighted by molar-refractivity contribution is 6.17. The SMILES string of the molecule is C[C@@H]1CCCN(C(=O)c2cn(C)c(=O)c3c2c2ccccc2n3C)C1. The molecule has 1 aliphatic rings. The fraction of sp³-hybridized carbons (Fsp3) is 0.400. The maximum Gasteiger partial charge on any atom is 0.274 e. The van der Waals surface area contributed by atoms with E-state index in [0.717, 1.165) is 35.8 Å². The van der Waals surface area contributed by atoms with Crippen molar-refractivity contribution < 1.29 is 4.79 Å². The molecule has 0 unspecified atom stereocenters. The zero-order valence-electron chi connectivity index (χ0n) is 15.0. The fourth-order valence-corrected chi connectivity index (χ4v) is 4.11. The predicted octanol–water partition coefficient (Wildman–Crippen LogP) is 2.90. The molecule has 3 aromatic rings. The molecule has 0 spiro atoms. The first-order chi connectivity index (χ1) is 12.0. The average molecular weight is 337 g/mol. The summed E-state index contributed by atoms with van der Waals surface area (Å²) in [5, 5.41) is 1.75. The molecule has 0 saturated carbocycles. The third kappa shape index (κ3) is 2.37. The molecule has 5 heteroatoms. The summed E-state index contributed by atoms with van der Waals surface area (Å²) in [5.74, 6) is 0.553. The van der Waals surface area contributed by atoms with Crippen LogP contribution in [0.2, 0.25) is 0 Å². The minimum atomic E-state index is -0.0720. The lowest BCUT2D eigenvalue weighted by molar-refractivity contribution is 0.0684. The van der Waals surface area contributed by atoms with Crippen molar-refractivity contribution in [1.29, 1.82) is 0 Å². The van der Waals surface area contributed by atoms with Gasteiger partial charge in [0.05, 0.1) is 5.56 Å². The first kappa shape index (κ1) is 15.9. The van der Waals surface area contributed by atoms with Crippen LogP contribution < -0.4 is 5.56 Å². The molecule has 2 aromatic heterocycles. The van der Waals surface area contributed by atoms with E-state index in [1.165, 1.54) is 11.0 Å². The monoisotopic (exact) mass is 337 g/mol. The fourth-order valence-electron chi connectivity index (χ4n) is 4.11. The van der Waals surface area contributed by atoms with Crippen LogP contribution in [0.3, 0.4) is 0 Å². The summed E-state index contributed by atoms with van der Waals surface area (Å²) in [6, 6.07) is 7.90. The lowest BCUT2D eigenvalue weighted by atomic mass is 9.99. The van der Waals surface area contributed by atoms with E-state index in [2.05, 4.69) is 6.92 Å². The van der Waals surface area contributed by atoms with E-state index < -0.39 is 0 Å². The Morgan fingerprint density at radius 3 is 2.72 bits per heavy atom. The Kier molecular flexibility index (Phi) is 3.67. The normalized spacial score (nSPS) is 18.2. The van der Waals surface area contributed by atoms with Gasteiger partial charge in [0.25, 0.3) is 11.5 Å². The second-order valence-corrected chi connectivity index (χ2v) is 7.26. The highest BCUT2D eigenvalue weighted by Gasteiger charge is 2.26. The number of nitrogens with zero attached hydrogens (tertiary/aromatic N) is 3. The number of likely N-dealkylation sites (tertiary alicyclic amines) is 1. The summed E-state index contributed by atoms with van der Waals surface area (Å²) < 4.78 is 3.43. The lowest BCUT2D eigenvalue weighted by Crippen LogP contribution is -2.39. The maximum atomic E-state index is 13.3. The van der Waals surface area contributed by atoms with Gasteiger partial charge < -0.3 is 14.0 Å². The van der Waals surface area contributed by atoms with Crippen LogP contribution in [-0.2, 0) is 14.1 Å². The number of amides is 1. The van der Waals surface area contributed by atoms with Crippen molar-refractivity contribution in [1.82, 2.24) is 14.0 Å². The van der Waals surface area contributed by atoms with Crippen molar-refractivity contribution in [2.75, 3.05) is 13.1 Å². The molecule has 1 aromatic carbocycles. The van der Waals surface area contributed by atoms with Crippen molar-refractivity contribution >= 4 is 27.7 Å². The number of aryl methyl sites for hydroxylation is 2. The van der Waals surface area contributed by atoms with Gasteiger partial charge in [0.2, 0.25) is 0 Å². The van der Waals surface area contributed by atoms with E-state index in [0.29, 0.717) is 17.0 Å². The van der Waals surface area contributed by atoms with Crippen LogP contribution in [0.25, 0.3) is 21.8 Å². The predicted molar refractivity (Wildman–Crippen MR) is 100.0 cm³/mol. The van der Waals surface area contributed by atoms with Gasteiger partial charge in [-0.2, -0.15) is 0 Å². The summed E-state index contributed by atoms with van der Waals surface area (Å²) in [4.78, 5) is 28.0. The highest BCUT2D eigenvalue weighted by atomic mass is 16.2. The smallest absolute Gasteiger partial charge is 0.274 e. The molecule has 0 radical (unpaired) electrons. The van der Waals surface area contributed by atoms with Gasteiger partial charge in [-0.25, -0.2) is 0 Å². The molecule has 1 atom stereocenters. The Labute approximate surface area is 146 Å². The van der Waals surface area contributed by atoms with Crippen LogP contribution in [0.5, 0.6) is 0 Å². The zero-order valence-corrected chi connectivity index (χ0v) is 15.0. The Morgan fingerprint density at radius 2 is 1.96 bits per heavy atom. The van der Waals surface area contributed by atoms with E-state index in [9.17, 15) is 9.59 Å². The summed E-state index contributed by atoms with van der Waals surface area (Å²) in [6.07, 6.45) is 3.91. The summed E-state index contributed by atoms with van der Waals surface area (Å²) in [6.45, 7) is 3.76. The standard InChI is InChI=1S/C20H23N3O2/c1-13-7-6-10-23(11-13)19(24)15-12-21(2)20(25)18-17(15)14-8-4-5-9-16(14)22(18)3/h4-5,8-9,12-13H,6-7,10-11H2,1-3H3/t13-/m1/s1. The van der Waals surface area contributed by atoms with Crippen LogP contribution in [-0.4, -0.2) is 33.0 Å². The number of para-hydroxylation sites is 1. The third-order valence-electron chi connectivity index (χ3n) is 5.40. The molecule has 25 heavy (non-hydrogen) atoms. The Morgan fingerprint density at radius 1 is 1.20 bits per heavy atom. The summed E-state index contributed by atoms with van der Waals surface area (Å²) in [7, 11) is 3.61. The number of aromatic nitrogens is 2. The van der Waals surface area contributed by atoms with Gasteiger partial charge in [-0.1, -0.05) is 25.1 Å². The van der Waals surface area contributed by atoms with Crippen molar-refractivity contribution in [3.05, 3.63) is 46.4 Å². The number of carbonyl (C=O) groups excluding carboxylic acids is 1. The number of piperidine rings is 1.